The van der Waals surface area contributed by atoms with E-state index in [1.54, 1.807) is 0 Å². The van der Waals surface area contributed by atoms with Crippen molar-refractivity contribution in [2.75, 3.05) is 13.1 Å². The van der Waals surface area contributed by atoms with E-state index in [0.29, 0.717) is 5.54 Å². The molecule has 0 radical (unpaired) electrons. The van der Waals surface area contributed by atoms with Crippen LogP contribution >= 0.6 is 0 Å². The van der Waals surface area contributed by atoms with Gasteiger partial charge in [-0.05, 0) is 44.4 Å². The number of nitrogens with one attached hydrogen (secondary N) is 1. The third-order valence-corrected chi connectivity index (χ3v) is 6.94. The van der Waals surface area contributed by atoms with Gasteiger partial charge in [0.15, 0.2) is 0 Å². The van der Waals surface area contributed by atoms with Gasteiger partial charge in [-0.25, -0.2) is 0 Å². The van der Waals surface area contributed by atoms with Crippen LogP contribution in [0.4, 0.5) is 0 Å². The molecular formula is C19H34N2. The van der Waals surface area contributed by atoms with Crippen molar-refractivity contribution in [1.29, 1.82) is 0 Å². The van der Waals surface area contributed by atoms with Crippen LogP contribution in [0, 0.1) is 5.92 Å². The Labute approximate surface area is 131 Å². The molecule has 4 rings (SSSR count). The molecule has 4 aliphatic rings. The molecule has 4 fully saturated rings. The van der Waals surface area contributed by atoms with Gasteiger partial charge in [0.2, 0.25) is 0 Å². The second-order valence-corrected chi connectivity index (χ2v) is 8.41. The summed E-state index contributed by atoms with van der Waals surface area (Å²) in [5.74, 6) is 1.01. The summed E-state index contributed by atoms with van der Waals surface area (Å²) in [6.45, 7) is 2.67. The number of hydrogen-bond acceptors (Lipinski definition) is 2. The minimum atomic E-state index is 0.540. The maximum atomic E-state index is 3.98. The summed E-state index contributed by atoms with van der Waals surface area (Å²) in [4.78, 5) is 3.07. The molecule has 1 N–H and O–H groups in total. The van der Waals surface area contributed by atoms with Crippen LogP contribution in [0.2, 0.25) is 0 Å². The van der Waals surface area contributed by atoms with Crippen LogP contribution in [0.15, 0.2) is 0 Å². The quantitative estimate of drug-likeness (QED) is 0.770. The van der Waals surface area contributed by atoms with Gasteiger partial charge in [0, 0.05) is 30.7 Å². The zero-order chi connectivity index (χ0) is 14.1. The van der Waals surface area contributed by atoms with Crippen molar-refractivity contribution in [2.24, 2.45) is 5.92 Å². The molecule has 1 aliphatic heterocycles. The Bertz CT molecular complexity index is 335. The monoisotopic (exact) mass is 290 g/mol. The van der Waals surface area contributed by atoms with Crippen LogP contribution in [-0.4, -0.2) is 35.6 Å². The molecule has 1 unspecified atom stereocenters. The minimum absolute atomic E-state index is 0.540. The van der Waals surface area contributed by atoms with Crippen LogP contribution in [0.25, 0.3) is 0 Å². The van der Waals surface area contributed by atoms with Crippen molar-refractivity contribution < 1.29 is 0 Å². The minimum Gasteiger partial charge on any atom is -0.311 e. The van der Waals surface area contributed by atoms with E-state index < -0.39 is 0 Å². The fourth-order valence-corrected chi connectivity index (χ4v) is 5.49. The number of hydrogen-bond donors (Lipinski definition) is 1. The average Bonchev–Trinajstić information content (AvgIpc) is 3.36. The Kier molecular flexibility index (Phi) is 4.28. The number of rotatable bonds is 2. The maximum absolute atomic E-state index is 3.98. The van der Waals surface area contributed by atoms with Crippen molar-refractivity contribution in [2.45, 2.75) is 101 Å². The Hall–Kier alpha value is -0.0800. The van der Waals surface area contributed by atoms with E-state index >= 15 is 0 Å². The zero-order valence-corrected chi connectivity index (χ0v) is 13.8. The summed E-state index contributed by atoms with van der Waals surface area (Å²) in [7, 11) is 0. The van der Waals surface area contributed by atoms with E-state index in [9.17, 15) is 0 Å². The van der Waals surface area contributed by atoms with E-state index in [-0.39, 0.29) is 0 Å². The van der Waals surface area contributed by atoms with Gasteiger partial charge in [0.05, 0.1) is 0 Å². The molecule has 21 heavy (non-hydrogen) atoms. The number of piperazine rings is 1. The molecule has 1 atom stereocenters. The lowest BCUT2D eigenvalue weighted by Crippen LogP contribution is -2.68. The topological polar surface area (TPSA) is 15.3 Å². The smallest absolute Gasteiger partial charge is 0.0337 e. The molecule has 0 amide bonds. The standard InChI is InChI=1S/C19H34N2/c1-2-5-9-17(8-4-1)21-14-18(16-10-11-16)20-15-19(21)12-6-3-7-13-19/h16-18,20H,1-15H2. The van der Waals surface area contributed by atoms with Crippen LogP contribution < -0.4 is 5.32 Å². The fourth-order valence-electron chi connectivity index (χ4n) is 5.49. The van der Waals surface area contributed by atoms with Crippen molar-refractivity contribution in [3.05, 3.63) is 0 Å². The predicted octanol–water partition coefficient (Wildman–Crippen LogP) is 4.10. The normalized spacial score (nSPS) is 35.7. The highest BCUT2D eigenvalue weighted by atomic mass is 15.3. The first-order chi connectivity index (χ1) is 10.4. The summed E-state index contributed by atoms with van der Waals surface area (Å²) in [6, 6.07) is 1.73. The van der Waals surface area contributed by atoms with Crippen LogP contribution in [0.5, 0.6) is 0 Å². The van der Waals surface area contributed by atoms with Gasteiger partial charge in [-0.15, -0.1) is 0 Å². The molecule has 3 saturated carbocycles. The van der Waals surface area contributed by atoms with Gasteiger partial charge >= 0.3 is 0 Å². The van der Waals surface area contributed by atoms with E-state index in [1.807, 2.05) is 0 Å². The molecule has 3 aliphatic carbocycles. The lowest BCUT2D eigenvalue weighted by atomic mass is 9.76. The van der Waals surface area contributed by atoms with Gasteiger partial charge in [0.1, 0.15) is 0 Å². The molecule has 0 aromatic carbocycles. The van der Waals surface area contributed by atoms with Gasteiger partial charge in [0.25, 0.3) is 0 Å². The first-order valence-electron chi connectivity index (χ1n) is 9.88. The predicted molar refractivity (Wildman–Crippen MR) is 88.5 cm³/mol. The van der Waals surface area contributed by atoms with E-state index in [0.717, 1.165) is 18.0 Å². The van der Waals surface area contributed by atoms with Crippen LogP contribution in [-0.2, 0) is 0 Å². The molecule has 0 aromatic rings. The first-order valence-corrected chi connectivity index (χ1v) is 9.88. The van der Waals surface area contributed by atoms with Gasteiger partial charge in [-0.2, -0.15) is 0 Å². The Morgan fingerprint density at radius 3 is 2.10 bits per heavy atom. The maximum Gasteiger partial charge on any atom is 0.0337 e. The molecule has 1 spiro atoms. The van der Waals surface area contributed by atoms with Crippen molar-refractivity contribution >= 4 is 0 Å². The molecular weight excluding hydrogens is 256 g/mol. The Morgan fingerprint density at radius 2 is 1.43 bits per heavy atom. The number of nitrogens with zero attached hydrogens (tertiary/aromatic N) is 1. The van der Waals surface area contributed by atoms with E-state index in [4.69, 9.17) is 0 Å². The highest BCUT2D eigenvalue weighted by Gasteiger charge is 2.47. The summed E-state index contributed by atoms with van der Waals surface area (Å²) in [5, 5.41) is 3.98. The summed E-state index contributed by atoms with van der Waals surface area (Å²) < 4.78 is 0. The molecule has 0 bridgehead atoms. The zero-order valence-electron chi connectivity index (χ0n) is 13.8. The molecule has 2 heteroatoms. The summed E-state index contributed by atoms with van der Waals surface area (Å²) in [6.07, 6.45) is 19.2. The molecule has 1 heterocycles. The lowest BCUT2D eigenvalue weighted by molar-refractivity contribution is -0.0302. The van der Waals surface area contributed by atoms with Gasteiger partial charge in [-0.1, -0.05) is 44.9 Å². The third-order valence-electron chi connectivity index (χ3n) is 6.94. The van der Waals surface area contributed by atoms with Crippen molar-refractivity contribution in [3.63, 3.8) is 0 Å². The van der Waals surface area contributed by atoms with Crippen molar-refractivity contribution in [1.82, 2.24) is 10.2 Å². The molecule has 0 aromatic heterocycles. The SMILES string of the molecule is C1CCCC(N2CC(C3CC3)NCC23CCCCC3)CC1. The first kappa shape index (κ1) is 14.5. The molecule has 120 valence electrons. The Balaban J connectivity index is 1.53. The summed E-state index contributed by atoms with van der Waals surface area (Å²) in [5.41, 5.74) is 0.540. The second-order valence-electron chi connectivity index (χ2n) is 8.41. The molecule has 1 saturated heterocycles. The van der Waals surface area contributed by atoms with E-state index in [2.05, 4.69) is 10.2 Å². The Morgan fingerprint density at radius 1 is 0.762 bits per heavy atom. The highest BCUT2D eigenvalue weighted by Crippen LogP contribution is 2.42. The highest BCUT2D eigenvalue weighted by molar-refractivity contribution is 5.05. The third kappa shape index (κ3) is 3.03. The van der Waals surface area contributed by atoms with Gasteiger partial charge in [-0.3, -0.25) is 4.90 Å². The van der Waals surface area contributed by atoms with Crippen LogP contribution in [0.1, 0.15) is 83.5 Å². The van der Waals surface area contributed by atoms with Crippen LogP contribution in [0.3, 0.4) is 0 Å². The summed E-state index contributed by atoms with van der Waals surface area (Å²) >= 11 is 0. The fraction of sp³-hybridized carbons (Fsp3) is 1.00. The lowest BCUT2D eigenvalue weighted by Gasteiger charge is -2.55. The molecule has 2 nitrogen and oxygen atoms in total. The van der Waals surface area contributed by atoms with Gasteiger partial charge < -0.3 is 5.32 Å². The van der Waals surface area contributed by atoms with E-state index in [1.165, 1.54) is 96.6 Å². The largest absolute Gasteiger partial charge is 0.311 e. The van der Waals surface area contributed by atoms with Crippen molar-refractivity contribution in [3.8, 4) is 0 Å². The second kappa shape index (κ2) is 6.20. The average molecular weight is 290 g/mol.